The summed E-state index contributed by atoms with van der Waals surface area (Å²) in [5.74, 6) is -4.48. The molecule has 0 aliphatic carbocycles. The van der Waals surface area contributed by atoms with Crippen LogP contribution in [0.25, 0.3) is 11.2 Å². The van der Waals surface area contributed by atoms with Gasteiger partial charge in [0.05, 0.1) is 19.0 Å². The second-order valence-electron chi connectivity index (χ2n) is 9.18. The first-order chi connectivity index (χ1) is 18.8. The Morgan fingerprint density at radius 1 is 1.27 bits per heavy atom. The number of aliphatic hydroxyl groups excluding tert-OH is 1. The molecule has 17 heteroatoms. The number of nitrogen functional groups attached to an aromatic ring is 1. The molecule has 0 amide bonds. The van der Waals surface area contributed by atoms with Crippen LogP contribution in [0.15, 0.2) is 36.7 Å². The summed E-state index contributed by atoms with van der Waals surface area (Å²) in [4.78, 5) is 24.3. The zero-order valence-corrected chi connectivity index (χ0v) is 22.9. The van der Waals surface area contributed by atoms with Crippen molar-refractivity contribution in [1.82, 2.24) is 24.6 Å². The Hall–Kier alpha value is -3.43. The third kappa shape index (κ3) is 6.15. The van der Waals surface area contributed by atoms with Crippen LogP contribution in [0.1, 0.15) is 27.0 Å². The van der Waals surface area contributed by atoms with Gasteiger partial charge < -0.3 is 30.2 Å². The van der Waals surface area contributed by atoms with Gasteiger partial charge >= 0.3 is 19.6 Å². The molecule has 14 nitrogen and oxygen atoms in total. The Balaban J connectivity index is 1.56. The number of anilines is 2. The predicted octanol–water partition coefficient (Wildman–Crippen LogP) is 2.48. The molecule has 1 fully saturated rings. The minimum absolute atomic E-state index is 0.0625. The number of fused-ring (bicyclic) bond motifs is 1. The van der Waals surface area contributed by atoms with Crippen molar-refractivity contribution in [3.63, 3.8) is 0 Å². The first-order valence-electron chi connectivity index (χ1n) is 12.2. The average Bonchev–Trinajstić information content (AvgIpc) is 3.40. The van der Waals surface area contributed by atoms with Gasteiger partial charge in [-0.15, -0.1) is 0 Å². The van der Waals surface area contributed by atoms with Crippen LogP contribution in [0.5, 0.6) is 5.75 Å². The molecule has 3 heterocycles. The van der Waals surface area contributed by atoms with Gasteiger partial charge in [-0.1, -0.05) is 18.2 Å². The number of alkyl halides is 2. The van der Waals surface area contributed by atoms with Crippen molar-refractivity contribution in [1.29, 1.82) is 0 Å². The van der Waals surface area contributed by atoms with Crippen LogP contribution >= 0.6 is 7.75 Å². The lowest BCUT2D eigenvalue weighted by atomic mass is 10.1. The van der Waals surface area contributed by atoms with Gasteiger partial charge in [0.2, 0.25) is 12.2 Å². The van der Waals surface area contributed by atoms with Gasteiger partial charge in [-0.25, -0.2) is 9.55 Å². The Bertz CT molecular complexity index is 1390. The van der Waals surface area contributed by atoms with Crippen LogP contribution in [0.3, 0.4) is 0 Å². The number of hydrogen-bond donors (Lipinski definition) is 4. The first-order valence-corrected chi connectivity index (χ1v) is 13.8. The molecule has 2 aromatic heterocycles. The number of imidazole rings is 1. The van der Waals surface area contributed by atoms with E-state index in [-0.39, 0.29) is 28.7 Å². The van der Waals surface area contributed by atoms with Gasteiger partial charge in [0.15, 0.2) is 23.1 Å². The van der Waals surface area contributed by atoms with Crippen molar-refractivity contribution in [2.75, 3.05) is 24.7 Å². The van der Waals surface area contributed by atoms with Crippen molar-refractivity contribution < 1.29 is 41.8 Å². The third-order valence-electron chi connectivity index (χ3n) is 5.74. The lowest BCUT2D eigenvalue weighted by Crippen LogP contribution is -2.40. The minimum atomic E-state index is -4.40. The molecule has 1 aliphatic rings. The molecule has 5 atom stereocenters. The van der Waals surface area contributed by atoms with Crippen molar-refractivity contribution in [2.24, 2.45) is 0 Å². The Kier molecular flexibility index (Phi) is 8.56. The summed E-state index contributed by atoms with van der Waals surface area (Å²) in [7, 11) is -2.86. The van der Waals surface area contributed by atoms with Gasteiger partial charge in [0.25, 0.3) is 0 Å². The normalized spacial score (nSPS) is 22.6. The lowest BCUT2D eigenvalue weighted by Gasteiger charge is -2.25. The molecule has 0 spiro atoms. The van der Waals surface area contributed by atoms with Gasteiger partial charge in [-0.3, -0.25) is 13.9 Å². The smallest absolute Gasteiger partial charge is 0.459 e. The Labute approximate surface area is 227 Å². The number of benzene rings is 1. The van der Waals surface area contributed by atoms with Crippen molar-refractivity contribution in [2.45, 2.75) is 57.3 Å². The van der Waals surface area contributed by atoms with E-state index in [1.165, 1.54) is 19.1 Å². The van der Waals surface area contributed by atoms with Gasteiger partial charge in [-0.2, -0.15) is 23.8 Å². The molecule has 0 radical (unpaired) electrons. The molecule has 5 N–H and O–H groups in total. The number of para-hydroxylation sites is 1. The fourth-order valence-electron chi connectivity index (χ4n) is 3.89. The minimum Gasteiger partial charge on any atom is -0.462 e. The first kappa shape index (κ1) is 29.6. The summed E-state index contributed by atoms with van der Waals surface area (Å²) in [6, 6.07) is 6.71. The quantitative estimate of drug-likeness (QED) is 0.190. The molecule has 4 rings (SSSR count). The number of hydrogen-bond acceptors (Lipinski definition) is 12. The fraction of sp³-hybridized carbons (Fsp3) is 0.478. The fourth-order valence-corrected chi connectivity index (χ4v) is 5.39. The number of nitrogens with two attached hydrogens (primary N) is 1. The van der Waals surface area contributed by atoms with Crippen LogP contribution < -0.4 is 20.7 Å². The summed E-state index contributed by atoms with van der Waals surface area (Å²) in [6.45, 7) is 3.85. The van der Waals surface area contributed by atoms with Gasteiger partial charge in [0, 0.05) is 7.05 Å². The summed E-state index contributed by atoms with van der Waals surface area (Å²) >= 11 is 0. The standard InChI is InChI=1S/C23H30F2N7O7P/c1-12(2)37-20(34)13(3)31-40(35,39-14-8-6-5-7-9-14)36-10-15-17(33)23(24,25)21(38-15)32-11-28-16-18(27-4)29-22(26)30-19(16)32/h5-9,11-13,15,17,21,33H,10H2,1-4H3,(H,31,35)(H3,26,27,29,30)/t13-,15+,17+,21+,40?/m0/s1. The number of esters is 1. The van der Waals surface area contributed by atoms with Gasteiger partial charge in [-0.05, 0) is 32.9 Å². The zero-order chi connectivity index (χ0) is 29.2. The maximum atomic E-state index is 15.3. The highest BCUT2D eigenvalue weighted by Gasteiger charge is 2.60. The average molecular weight is 586 g/mol. The van der Waals surface area contributed by atoms with Crippen LogP contribution in [0, 0.1) is 0 Å². The topological polar surface area (TPSA) is 185 Å². The Morgan fingerprint density at radius 2 is 1.98 bits per heavy atom. The van der Waals surface area contributed by atoms with Crippen LogP contribution in [-0.4, -0.2) is 74.5 Å². The zero-order valence-electron chi connectivity index (χ0n) is 22.0. The SMILES string of the molecule is CNc1nc(N)nc2c1ncn2[C@@H]1O[C@H](COP(=O)(N[C@@H](C)C(=O)OC(C)C)Oc2ccccc2)[C@@H](O)C1(F)F. The molecule has 1 saturated heterocycles. The van der Waals surface area contributed by atoms with E-state index in [0.717, 1.165) is 10.9 Å². The number of nitrogens with zero attached hydrogens (tertiary/aromatic N) is 4. The summed E-state index contributed by atoms with van der Waals surface area (Å²) in [5.41, 5.74) is 5.80. The molecule has 1 aromatic carbocycles. The molecule has 0 saturated carbocycles. The highest BCUT2D eigenvalue weighted by molar-refractivity contribution is 7.52. The highest BCUT2D eigenvalue weighted by Crippen LogP contribution is 2.48. The molecule has 218 valence electrons. The summed E-state index contributed by atoms with van der Waals surface area (Å²) in [6.07, 6.45) is -5.51. The van der Waals surface area contributed by atoms with E-state index in [4.69, 9.17) is 24.3 Å². The number of carbonyl (C=O) groups excluding carboxylic acids is 1. The number of aromatic nitrogens is 4. The van der Waals surface area contributed by atoms with Crippen molar-refractivity contribution in [3.05, 3.63) is 36.7 Å². The van der Waals surface area contributed by atoms with E-state index in [2.05, 4.69) is 25.4 Å². The molecule has 1 unspecified atom stereocenters. The largest absolute Gasteiger partial charge is 0.462 e. The number of carbonyl (C=O) groups is 1. The Morgan fingerprint density at radius 3 is 2.62 bits per heavy atom. The highest BCUT2D eigenvalue weighted by atomic mass is 31.2. The second kappa shape index (κ2) is 11.6. The van der Waals surface area contributed by atoms with Crippen molar-refractivity contribution in [3.8, 4) is 5.75 Å². The van der Waals surface area contributed by atoms with Crippen LogP contribution in [0.4, 0.5) is 20.5 Å². The van der Waals surface area contributed by atoms with Crippen LogP contribution in [-0.2, 0) is 23.4 Å². The summed E-state index contributed by atoms with van der Waals surface area (Å²) < 4.78 is 66.7. The number of halogens is 2. The van der Waals surface area contributed by atoms with E-state index >= 15 is 8.78 Å². The van der Waals surface area contributed by atoms with E-state index in [0.29, 0.717) is 0 Å². The maximum Gasteiger partial charge on any atom is 0.459 e. The monoisotopic (exact) mass is 585 g/mol. The molecule has 3 aromatic rings. The second-order valence-corrected chi connectivity index (χ2v) is 10.9. The van der Waals surface area contributed by atoms with E-state index in [9.17, 15) is 14.5 Å². The predicted molar refractivity (Wildman–Crippen MR) is 139 cm³/mol. The van der Waals surface area contributed by atoms with Crippen molar-refractivity contribution >= 4 is 36.6 Å². The number of nitrogens with one attached hydrogen (secondary N) is 2. The maximum absolute atomic E-state index is 15.3. The molecule has 0 bridgehead atoms. The molecule has 1 aliphatic heterocycles. The molecular formula is C23H30F2N7O7P. The van der Waals surface area contributed by atoms with E-state index < -0.39 is 56.8 Å². The number of aliphatic hydroxyl groups is 1. The van der Waals surface area contributed by atoms with E-state index in [1.807, 2.05) is 0 Å². The molecule has 40 heavy (non-hydrogen) atoms. The molecular weight excluding hydrogens is 555 g/mol. The lowest BCUT2D eigenvalue weighted by molar-refractivity contribution is -0.149. The van der Waals surface area contributed by atoms with Crippen LogP contribution in [0.2, 0.25) is 0 Å². The number of ether oxygens (including phenoxy) is 2. The summed E-state index contributed by atoms with van der Waals surface area (Å²) in [5, 5.41) is 15.7. The third-order valence-corrected chi connectivity index (χ3v) is 7.39. The van der Waals surface area contributed by atoms with E-state index in [1.54, 1.807) is 39.1 Å². The number of rotatable bonds is 11. The van der Waals surface area contributed by atoms with Gasteiger partial charge in [0.1, 0.15) is 17.9 Å².